The first-order chi connectivity index (χ1) is 7.81. The highest BCUT2D eigenvalue weighted by Crippen LogP contribution is 1.91. The van der Waals surface area contributed by atoms with Crippen LogP contribution in [0.25, 0.3) is 0 Å². The van der Waals surface area contributed by atoms with Crippen LogP contribution in [-0.4, -0.2) is 47.3 Å². The molecule has 0 aliphatic carbocycles. The number of nitrogens with one attached hydrogen (secondary N) is 1. The largest absolute Gasteiger partial charge is 0.349 e. The van der Waals surface area contributed by atoms with E-state index in [1.807, 2.05) is 0 Å². The third-order valence-electron chi connectivity index (χ3n) is 3.19. The van der Waals surface area contributed by atoms with Crippen molar-refractivity contribution in [3.63, 3.8) is 0 Å². The number of hydrogen-bond acceptors (Lipinski definition) is 0. The monoisotopic (exact) mass is 232 g/mol. The molecule has 0 amide bonds. The van der Waals surface area contributed by atoms with E-state index in [1.54, 1.807) is 4.90 Å². The van der Waals surface area contributed by atoms with E-state index in [1.165, 1.54) is 64.7 Å². The molecule has 0 bridgehead atoms. The summed E-state index contributed by atoms with van der Waals surface area (Å²) in [4.78, 5) is 1.72. The van der Waals surface area contributed by atoms with E-state index in [0.29, 0.717) is 0 Å². The van der Waals surface area contributed by atoms with Gasteiger partial charge in [-0.1, -0.05) is 0 Å². The summed E-state index contributed by atoms with van der Waals surface area (Å²) in [6, 6.07) is 0. The van der Waals surface area contributed by atoms with Crippen LogP contribution in [0.3, 0.4) is 0 Å². The zero-order chi connectivity index (χ0) is 12.1. The Labute approximate surface area is 102 Å². The van der Waals surface area contributed by atoms with Crippen molar-refractivity contribution in [2.24, 2.45) is 0 Å². The quantitative estimate of drug-likeness (QED) is 0.333. The minimum atomic E-state index is 1.30. The molecule has 5 N–H and O–H groups in total. The molecule has 0 fully saturated rings. The van der Waals surface area contributed by atoms with Gasteiger partial charge in [0.15, 0.2) is 0 Å². The lowest BCUT2D eigenvalue weighted by Gasteiger charge is -2.13. The van der Waals surface area contributed by atoms with E-state index in [0.717, 1.165) is 0 Å². The number of rotatable bonds is 12. The number of unbranched alkanes of at least 4 members (excludes halogenated alkanes) is 4. The third kappa shape index (κ3) is 12.0. The smallest absolute Gasteiger partial charge is 0.0768 e. The minimum absolute atomic E-state index is 1.30. The van der Waals surface area contributed by atoms with Crippen LogP contribution in [0.1, 0.15) is 38.5 Å². The maximum Gasteiger partial charge on any atom is 0.0768 e. The highest BCUT2D eigenvalue weighted by molar-refractivity contribution is 4.40. The Bertz CT molecular complexity index is 114. The number of quaternary nitrogens is 3. The number of nitrogens with two attached hydrogens (primary N) is 2. The predicted molar refractivity (Wildman–Crippen MR) is 69.8 cm³/mol. The molecule has 0 rings (SSSR count). The van der Waals surface area contributed by atoms with Gasteiger partial charge in [-0.2, -0.15) is 0 Å². The molecule has 0 atom stereocenters. The van der Waals surface area contributed by atoms with Gasteiger partial charge < -0.3 is 15.5 Å². The summed E-state index contributed by atoms with van der Waals surface area (Å²) in [7, 11) is 6.66. The molecule has 0 saturated heterocycles. The molecule has 0 aliphatic heterocycles. The molecule has 0 heterocycles. The fraction of sp³-hybridized carbons (Fsp3) is 1.00. The van der Waals surface area contributed by atoms with Gasteiger partial charge in [0.25, 0.3) is 0 Å². The summed E-state index contributed by atoms with van der Waals surface area (Å²) in [6.45, 7) is 5.33. The van der Waals surface area contributed by atoms with Gasteiger partial charge >= 0.3 is 0 Å². The van der Waals surface area contributed by atoms with E-state index in [-0.39, 0.29) is 0 Å². The standard InChI is InChI=1S/C13H31N3/c1-14-10-6-4-8-12-16(3)13-9-5-7-11-15-2/h14-15H,4-13H2,1-3H3/p+3. The molecule has 0 saturated carbocycles. The lowest BCUT2D eigenvalue weighted by atomic mass is 10.2. The van der Waals surface area contributed by atoms with Crippen LogP contribution in [0.2, 0.25) is 0 Å². The van der Waals surface area contributed by atoms with E-state index in [4.69, 9.17) is 0 Å². The zero-order valence-corrected chi connectivity index (χ0v) is 11.7. The molecule has 3 heteroatoms. The van der Waals surface area contributed by atoms with Crippen molar-refractivity contribution in [2.45, 2.75) is 38.5 Å². The fourth-order valence-corrected chi connectivity index (χ4v) is 2.03. The van der Waals surface area contributed by atoms with Crippen LogP contribution in [-0.2, 0) is 0 Å². The van der Waals surface area contributed by atoms with Crippen molar-refractivity contribution in [3.8, 4) is 0 Å². The predicted octanol–water partition coefficient (Wildman–Crippen LogP) is -1.77. The number of hydrogen-bond donors (Lipinski definition) is 3. The molecular weight excluding hydrogens is 198 g/mol. The van der Waals surface area contributed by atoms with Gasteiger partial charge in [-0.25, -0.2) is 0 Å². The van der Waals surface area contributed by atoms with Gasteiger partial charge in [0.2, 0.25) is 0 Å². The van der Waals surface area contributed by atoms with Crippen molar-refractivity contribution in [1.82, 2.24) is 0 Å². The molecular formula is C13H34N3+3. The second-order valence-electron chi connectivity index (χ2n) is 4.97. The maximum atomic E-state index is 2.35. The van der Waals surface area contributed by atoms with Crippen LogP contribution in [0, 0.1) is 0 Å². The average molecular weight is 232 g/mol. The second-order valence-corrected chi connectivity index (χ2v) is 4.97. The van der Waals surface area contributed by atoms with Gasteiger partial charge in [0, 0.05) is 0 Å². The van der Waals surface area contributed by atoms with Crippen LogP contribution in [0.15, 0.2) is 0 Å². The van der Waals surface area contributed by atoms with Gasteiger partial charge in [-0.15, -0.1) is 0 Å². The first-order valence-corrected chi connectivity index (χ1v) is 7.18. The molecule has 98 valence electrons. The van der Waals surface area contributed by atoms with Crippen molar-refractivity contribution in [2.75, 3.05) is 47.3 Å². The fourth-order valence-electron chi connectivity index (χ4n) is 2.03. The van der Waals surface area contributed by atoms with Crippen LogP contribution in [0.5, 0.6) is 0 Å². The van der Waals surface area contributed by atoms with E-state index in [9.17, 15) is 0 Å². The van der Waals surface area contributed by atoms with Crippen LogP contribution >= 0.6 is 0 Å². The molecule has 0 aliphatic rings. The minimum Gasteiger partial charge on any atom is -0.349 e. The highest BCUT2D eigenvalue weighted by atomic mass is 15.1. The highest BCUT2D eigenvalue weighted by Gasteiger charge is 2.01. The van der Waals surface area contributed by atoms with Crippen molar-refractivity contribution in [1.29, 1.82) is 0 Å². The first kappa shape index (κ1) is 15.9. The lowest BCUT2D eigenvalue weighted by molar-refractivity contribution is -0.880. The molecule has 0 unspecified atom stereocenters. The summed E-state index contributed by atoms with van der Waals surface area (Å²) in [5, 5.41) is 4.56. The summed E-state index contributed by atoms with van der Waals surface area (Å²) in [5.41, 5.74) is 0. The van der Waals surface area contributed by atoms with Crippen LogP contribution in [0.4, 0.5) is 0 Å². The molecule has 0 spiro atoms. The Balaban J connectivity index is 3.09. The van der Waals surface area contributed by atoms with Crippen molar-refractivity contribution in [3.05, 3.63) is 0 Å². The van der Waals surface area contributed by atoms with Crippen molar-refractivity contribution >= 4 is 0 Å². The Hall–Kier alpha value is -0.120. The Morgan fingerprint density at radius 3 is 1.50 bits per heavy atom. The van der Waals surface area contributed by atoms with Gasteiger partial charge in [-0.05, 0) is 38.5 Å². The molecule has 0 aromatic heterocycles. The normalized spacial score (nSPS) is 11.2. The second kappa shape index (κ2) is 12.9. The summed E-state index contributed by atoms with van der Waals surface area (Å²) >= 11 is 0. The molecule has 3 nitrogen and oxygen atoms in total. The summed E-state index contributed by atoms with van der Waals surface area (Å²) in [5.74, 6) is 0. The van der Waals surface area contributed by atoms with Crippen molar-refractivity contribution < 1.29 is 15.5 Å². The van der Waals surface area contributed by atoms with E-state index < -0.39 is 0 Å². The lowest BCUT2D eigenvalue weighted by Crippen LogP contribution is -3.09. The SMILES string of the molecule is C[NH2+]CCCCC[NH+](C)CCCCC[NH2+]C. The van der Waals surface area contributed by atoms with Gasteiger partial charge in [0.05, 0.1) is 47.3 Å². The zero-order valence-electron chi connectivity index (χ0n) is 11.7. The molecule has 0 radical (unpaired) electrons. The van der Waals surface area contributed by atoms with Crippen LogP contribution < -0.4 is 15.5 Å². The maximum absolute atomic E-state index is 2.35. The first-order valence-electron chi connectivity index (χ1n) is 7.18. The average Bonchev–Trinajstić information content (AvgIpc) is 2.28. The topological polar surface area (TPSA) is 37.7 Å². The summed E-state index contributed by atoms with van der Waals surface area (Å²) in [6.07, 6.45) is 8.40. The molecule has 0 aromatic rings. The van der Waals surface area contributed by atoms with Gasteiger partial charge in [-0.3, -0.25) is 0 Å². The third-order valence-corrected chi connectivity index (χ3v) is 3.19. The molecule has 16 heavy (non-hydrogen) atoms. The van der Waals surface area contributed by atoms with E-state index >= 15 is 0 Å². The van der Waals surface area contributed by atoms with Gasteiger partial charge in [0.1, 0.15) is 0 Å². The Morgan fingerprint density at radius 1 is 0.688 bits per heavy atom. The molecule has 0 aromatic carbocycles. The summed E-state index contributed by atoms with van der Waals surface area (Å²) < 4.78 is 0. The Morgan fingerprint density at radius 2 is 1.12 bits per heavy atom. The Kier molecular flexibility index (Phi) is 12.9. The van der Waals surface area contributed by atoms with E-state index in [2.05, 4.69) is 31.8 Å².